The minimum Gasteiger partial charge on any atom is -0.497 e. The summed E-state index contributed by atoms with van der Waals surface area (Å²) in [6.45, 7) is 0. The van der Waals surface area contributed by atoms with Crippen molar-refractivity contribution in [3.8, 4) is 5.75 Å². The highest BCUT2D eigenvalue weighted by atomic mass is 16.5. The van der Waals surface area contributed by atoms with Crippen LogP contribution in [0.3, 0.4) is 0 Å². The van der Waals surface area contributed by atoms with E-state index < -0.39 is 6.04 Å². The largest absolute Gasteiger partial charge is 0.497 e. The Hall–Kier alpha value is -3.97. The van der Waals surface area contributed by atoms with E-state index in [2.05, 4.69) is 10.3 Å². The van der Waals surface area contributed by atoms with Crippen molar-refractivity contribution in [1.29, 1.82) is 0 Å². The summed E-state index contributed by atoms with van der Waals surface area (Å²) in [6.07, 6.45) is 4.66. The lowest BCUT2D eigenvalue weighted by molar-refractivity contribution is -0.115. The van der Waals surface area contributed by atoms with Gasteiger partial charge in [0.15, 0.2) is 5.78 Å². The van der Waals surface area contributed by atoms with Gasteiger partial charge in [0.05, 0.1) is 13.2 Å². The second kappa shape index (κ2) is 9.49. The number of nitrogens with two attached hydrogens (primary N) is 2. The zero-order valence-electron chi connectivity index (χ0n) is 16.4. The molecule has 0 saturated heterocycles. The van der Waals surface area contributed by atoms with E-state index in [-0.39, 0.29) is 11.7 Å². The van der Waals surface area contributed by atoms with E-state index in [4.69, 9.17) is 16.2 Å². The lowest BCUT2D eigenvalue weighted by atomic mass is 10.0. The van der Waals surface area contributed by atoms with Crippen molar-refractivity contribution in [3.63, 3.8) is 0 Å². The highest BCUT2D eigenvalue weighted by Crippen LogP contribution is 2.17. The van der Waals surface area contributed by atoms with E-state index in [1.165, 1.54) is 12.3 Å². The summed E-state index contributed by atoms with van der Waals surface area (Å²) < 4.78 is 5.11. The van der Waals surface area contributed by atoms with Crippen molar-refractivity contribution in [2.24, 2.45) is 5.73 Å². The Bertz CT molecular complexity index is 1060. The Labute approximate surface area is 174 Å². The molecular formula is C23H22N4O3. The molecule has 1 heterocycles. The van der Waals surface area contributed by atoms with Crippen LogP contribution in [0.4, 0.5) is 11.5 Å². The van der Waals surface area contributed by atoms with Crippen LogP contribution in [0.1, 0.15) is 27.5 Å². The van der Waals surface area contributed by atoms with Gasteiger partial charge in [-0.1, -0.05) is 30.3 Å². The number of hydrogen-bond acceptors (Lipinski definition) is 6. The Kier molecular flexibility index (Phi) is 6.56. The van der Waals surface area contributed by atoms with Crippen molar-refractivity contribution in [2.75, 3.05) is 18.2 Å². The number of nitrogens with one attached hydrogen (secondary N) is 1. The third kappa shape index (κ3) is 5.30. The van der Waals surface area contributed by atoms with E-state index in [1.54, 1.807) is 49.6 Å². The fourth-order valence-corrected chi connectivity index (χ4v) is 2.73. The molecule has 0 bridgehead atoms. The summed E-state index contributed by atoms with van der Waals surface area (Å²) in [6, 6.07) is 16.3. The van der Waals surface area contributed by atoms with Crippen LogP contribution < -0.4 is 21.5 Å². The Morgan fingerprint density at radius 2 is 1.77 bits per heavy atom. The van der Waals surface area contributed by atoms with Crippen molar-refractivity contribution >= 4 is 29.3 Å². The highest BCUT2D eigenvalue weighted by Gasteiger charge is 2.14. The van der Waals surface area contributed by atoms with Gasteiger partial charge in [0, 0.05) is 23.5 Å². The van der Waals surface area contributed by atoms with Crippen LogP contribution in [0.5, 0.6) is 5.75 Å². The van der Waals surface area contributed by atoms with Crippen LogP contribution in [0, 0.1) is 0 Å². The number of rotatable bonds is 7. The zero-order valence-corrected chi connectivity index (χ0v) is 16.4. The first-order chi connectivity index (χ1) is 14.5. The smallest absolute Gasteiger partial charge is 0.255 e. The summed E-state index contributed by atoms with van der Waals surface area (Å²) in [5.74, 6) is 0.517. The molecule has 0 fully saturated rings. The van der Waals surface area contributed by atoms with Gasteiger partial charge in [-0.2, -0.15) is 0 Å². The Balaban J connectivity index is 1.63. The third-order valence-corrected chi connectivity index (χ3v) is 4.43. The fourth-order valence-electron chi connectivity index (χ4n) is 2.73. The molecule has 3 rings (SSSR count). The van der Waals surface area contributed by atoms with E-state index in [9.17, 15) is 9.59 Å². The first kappa shape index (κ1) is 20.8. The van der Waals surface area contributed by atoms with Crippen LogP contribution in [0.15, 0.2) is 72.9 Å². The Morgan fingerprint density at radius 1 is 1.07 bits per heavy atom. The van der Waals surface area contributed by atoms with Gasteiger partial charge in [-0.05, 0) is 47.5 Å². The number of ether oxygens (including phenoxy) is 1. The normalized spacial score (nSPS) is 11.8. The third-order valence-electron chi connectivity index (χ3n) is 4.43. The maximum atomic E-state index is 12.4. The van der Waals surface area contributed by atoms with Crippen molar-refractivity contribution in [2.45, 2.75) is 6.04 Å². The predicted molar refractivity (Wildman–Crippen MR) is 117 cm³/mol. The lowest BCUT2D eigenvalue weighted by Gasteiger charge is -2.10. The molecule has 1 atom stereocenters. The van der Waals surface area contributed by atoms with Crippen LogP contribution in [-0.4, -0.2) is 23.8 Å². The molecular weight excluding hydrogens is 380 g/mol. The number of nitrogen functional groups attached to an aromatic ring is 1. The number of methoxy groups -OCH3 is 1. The second-order valence-corrected chi connectivity index (χ2v) is 6.53. The van der Waals surface area contributed by atoms with Gasteiger partial charge < -0.3 is 21.5 Å². The number of nitrogens with zero attached hydrogens (tertiary/aromatic N) is 1. The standard InChI is InChI=1S/C23H22N4O3/c1-30-19-9-2-15(3-10-19)4-11-20(28)22(25)16-5-7-17(8-6-16)23(29)27-18-12-13-26-21(24)14-18/h2-14,22H,25H2,1H3,(H3,24,26,27,29)/b11-4+. The summed E-state index contributed by atoms with van der Waals surface area (Å²) in [5, 5.41) is 2.74. The number of carbonyl (C=O) groups is 2. The van der Waals surface area contributed by atoms with Crippen LogP contribution >= 0.6 is 0 Å². The molecule has 0 saturated carbocycles. The molecule has 1 aromatic heterocycles. The summed E-state index contributed by atoms with van der Waals surface area (Å²) >= 11 is 0. The second-order valence-electron chi connectivity index (χ2n) is 6.53. The summed E-state index contributed by atoms with van der Waals surface area (Å²) in [4.78, 5) is 28.6. The molecule has 0 radical (unpaired) electrons. The van der Waals surface area contributed by atoms with Crippen molar-refractivity contribution < 1.29 is 14.3 Å². The van der Waals surface area contributed by atoms with E-state index >= 15 is 0 Å². The molecule has 2 aromatic carbocycles. The summed E-state index contributed by atoms with van der Waals surface area (Å²) in [7, 11) is 1.59. The minimum atomic E-state index is -0.823. The maximum absolute atomic E-state index is 12.4. The predicted octanol–water partition coefficient (Wildman–Crippen LogP) is 3.21. The molecule has 0 spiro atoms. The van der Waals surface area contributed by atoms with Gasteiger partial charge in [0.2, 0.25) is 0 Å². The lowest BCUT2D eigenvalue weighted by Crippen LogP contribution is -2.20. The van der Waals surface area contributed by atoms with Crippen LogP contribution in [0.2, 0.25) is 0 Å². The average molecular weight is 402 g/mol. The van der Waals surface area contributed by atoms with E-state index in [0.717, 1.165) is 11.3 Å². The number of anilines is 2. The number of aromatic nitrogens is 1. The molecule has 30 heavy (non-hydrogen) atoms. The maximum Gasteiger partial charge on any atom is 0.255 e. The number of benzene rings is 2. The van der Waals surface area contributed by atoms with Crippen LogP contribution in [-0.2, 0) is 4.79 Å². The number of carbonyl (C=O) groups excluding carboxylic acids is 2. The molecule has 7 nitrogen and oxygen atoms in total. The SMILES string of the molecule is COc1ccc(/C=C/C(=O)C(N)c2ccc(C(=O)Nc3ccnc(N)c3)cc2)cc1. The molecule has 1 amide bonds. The fraction of sp³-hybridized carbons (Fsp3) is 0.0870. The van der Waals surface area contributed by atoms with Gasteiger partial charge in [0.1, 0.15) is 11.6 Å². The summed E-state index contributed by atoms with van der Waals surface area (Å²) in [5.41, 5.74) is 14.1. The van der Waals surface area contributed by atoms with E-state index in [0.29, 0.717) is 22.6 Å². The number of hydrogen-bond donors (Lipinski definition) is 3. The first-order valence-corrected chi connectivity index (χ1v) is 9.20. The Morgan fingerprint density at radius 3 is 2.40 bits per heavy atom. The molecule has 1 unspecified atom stereocenters. The zero-order chi connectivity index (χ0) is 21.5. The van der Waals surface area contributed by atoms with Crippen molar-refractivity contribution in [1.82, 2.24) is 4.98 Å². The molecule has 3 aromatic rings. The number of ketones is 1. The molecule has 0 aliphatic heterocycles. The molecule has 152 valence electrons. The quantitative estimate of drug-likeness (QED) is 0.522. The van der Waals surface area contributed by atoms with Crippen molar-refractivity contribution in [3.05, 3.63) is 89.6 Å². The van der Waals surface area contributed by atoms with Gasteiger partial charge in [-0.15, -0.1) is 0 Å². The monoisotopic (exact) mass is 402 g/mol. The molecule has 5 N–H and O–H groups in total. The average Bonchev–Trinajstić information content (AvgIpc) is 2.77. The highest BCUT2D eigenvalue weighted by molar-refractivity contribution is 6.04. The molecule has 7 heteroatoms. The molecule has 0 aliphatic rings. The van der Waals surface area contributed by atoms with Crippen LogP contribution in [0.25, 0.3) is 6.08 Å². The van der Waals surface area contributed by atoms with Gasteiger partial charge in [-0.25, -0.2) is 4.98 Å². The van der Waals surface area contributed by atoms with Gasteiger partial charge >= 0.3 is 0 Å². The van der Waals surface area contributed by atoms with Gasteiger partial charge in [0.25, 0.3) is 5.91 Å². The first-order valence-electron chi connectivity index (χ1n) is 9.20. The number of amides is 1. The minimum absolute atomic E-state index is 0.240. The van der Waals surface area contributed by atoms with Gasteiger partial charge in [-0.3, -0.25) is 9.59 Å². The molecule has 0 aliphatic carbocycles. The van der Waals surface area contributed by atoms with E-state index in [1.807, 2.05) is 24.3 Å². The topological polar surface area (TPSA) is 120 Å². The number of pyridine rings is 1.